The summed E-state index contributed by atoms with van der Waals surface area (Å²) in [6.45, 7) is 8.26. The van der Waals surface area contributed by atoms with Crippen LogP contribution in [0.15, 0.2) is 17.5 Å². The molecular weight excluding hydrogens is 218 g/mol. The van der Waals surface area contributed by atoms with Crippen LogP contribution in [0.4, 0.5) is 0 Å². The van der Waals surface area contributed by atoms with Crippen LogP contribution in [-0.2, 0) is 13.1 Å². The van der Waals surface area contributed by atoms with E-state index in [-0.39, 0.29) is 5.84 Å². The first-order valence-corrected chi connectivity index (χ1v) is 5.78. The Morgan fingerprint density at radius 2 is 2.35 bits per heavy atom. The van der Waals surface area contributed by atoms with E-state index in [1.54, 1.807) is 0 Å². The molecule has 3 N–H and O–H groups in total. The minimum absolute atomic E-state index is 0.224. The van der Waals surface area contributed by atoms with E-state index in [0.29, 0.717) is 12.6 Å². The third kappa shape index (κ3) is 4.07. The normalized spacial score (nSPS) is 12.6. The summed E-state index contributed by atoms with van der Waals surface area (Å²) in [4.78, 5) is 2.12. The number of aromatic nitrogens is 2. The minimum Gasteiger partial charge on any atom is -0.409 e. The fourth-order valence-electron chi connectivity index (χ4n) is 1.56. The Morgan fingerprint density at radius 3 is 2.82 bits per heavy atom. The standard InChI is InChI=1S/C11H21N5O/c1-4-16-7-10(5-13-16)6-15(9(2)3)8-11(12)14-17/h5,7,9,17H,4,6,8H2,1-3H3,(H2,12,14). The first-order chi connectivity index (χ1) is 8.06. The van der Waals surface area contributed by atoms with E-state index < -0.39 is 0 Å². The van der Waals surface area contributed by atoms with Gasteiger partial charge in [0.2, 0.25) is 0 Å². The van der Waals surface area contributed by atoms with Gasteiger partial charge in [-0.05, 0) is 20.8 Å². The second-order valence-electron chi connectivity index (χ2n) is 4.29. The lowest BCUT2D eigenvalue weighted by molar-refractivity contribution is 0.238. The monoisotopic (exact) mass is 239 g/mol. The third-order valence-electron chi connectivity index (χ3n) is 2.62. The number of amidine groups is 1. The van der Waals surface area contributed by atoms with Crippen LogP contribution in [0.1, 0.15) is 26.3 Å². The molecule has 0 fully saturated rings. The van der Waals surface area contributed by atoms with Gasteiger partial charge in [0.15, 0.2) is 5.84 Å². The van der Waals surface area contributed by atoms with E-state index in [4.69, 9.17) is 10.9 Å². The SMILES string of the molecule is CCn1cc(CN(CC(N)=NO)C(C)C)cn1. The van der Waals surface area contributed by atoms with Crippen molar-refractivity contribution >= 4 is 5.84 Å². The van der Waals surface area contributed by atoms with Gasteiger partial charge < -0.3 is 10.9 Å². The molecule has 6 heteroatoms. The van der Waals surface area contributed by atoms with Crippen LogP contribution in [0.25, 0.3) is 0 Å². The number of hydrogen-bond donors (Lipinski definition) is 2. The predicted molar refractivity (Wildman–Crippen MR) is 66.9 cm³/mol. The average molecular weight is 239 g/mol. The van der Waals surface area contributed by atoms with E-state index in [1.807, 2.05) is 24.0 Å². The largest absolute Gasteiger partial charge is 0.409 e. The summed E-state index contributed by atoms with van der Waals surface area (Å²) >= 11 is 0. The Hall–Kier alpha value is -1.56. The molecule has 17 heavy (non-hydrogen) atoms. The van der Waals surface area contributed by atoms with Crippen LogP contribution in [0.2, 0.25) is 0 Å². The van der Waals surface area contributed by atoms with E-state index in [1.165, 1.54) is 0 Å². The molecule has 0 aliphatic carbocycles. The number of rotatable bonds is 6. The zero-order valence-electron chi connectivity index (χ0n) is 10.7. The van der Waals surface area contributed by atoms with Crippen LogP contribution in [0.3, 0.4) is 0 Å². The number of nitrogens with two attached hydrogens (primary N) is 1. The number of aryl methyl sites for hydroxylation is 1. The van der Waals surface area contributed by atoms with E-state index in [9.17, 15) is 0 Å². The highest BCUT2D eigenvalue weighted by molar-refractivity contribution is 5.81. The lowest BCUT2D eigenvalue weighted by Gasteiger charge is -2.24. The molecule has 0 spiro atoms. The van der Waals surface area contributed by atoms with Crippen LogP contribution in [-0.4, -0.2) is 38.3 Å². The average Bonchev–Trinajstić information content (AvgIpc) is 2.75. The molecule has 0 amide bonds. The fourth-order valence-corrected chi connectivity index (χ4v) is 1.56. The van der Waals surface area contributed by atoms with Gasteiger partial charge in [0, 0.05) is 30.9 Å². The Labute approximate surface area is 102 Å². The molecule has 1 rings (SSSR count). The Balaban J connectivity index is 2.66. The molecule has 0 aliphatic rings. The molecule has 1 aromatic heterocycles. The highest BCUT2D eigenvalue weighted by atomic mass is 16.4. The number of nitrogens with zero attached hydrogens (tertiary/aromatic N) is 4. The summed E-state index contributed by atoms with van der Waals surface area (Å²) in [5.41, 5.74) is 6.67. The molecule has 0 saturated heterocycles. The first kappa shape index (κ1) is 13.5. The van der Waals surface area contributed by atoms with Crippen molar-refractivity contribution in [3.8, 4) is 0 Å². The molecule has 0 unspecified atom stereocenters. The smallest absolute Gasteiger partial charge is 0.153 e. The minimum atomic E-state index is 0.224. The van der Waals surface area contributed by atoms with Crippen molar-refractivity contribution in [2.24, 2.45) is 10.9 Å². The fraction of sp³-hybridized carbons (Fsp3) is 0.636. The summed E-state index contributed by atoms with van der Waals surface area (Å²) < 4.78 is 1.89. The second kappa shape index (κ2) is 6.24. The molecule has 96 valence electrons. The van der Waals surface area contributed by atoms with Gasteiger partial charge in [-0.3, -0.25) is 9.58 Å². The maximum atomic E-state index is 8.59. The van der Waals surface area contributed by atoms with E-state index >= 15 is 0 Å². The van der Waals surface area contributed by atoms with Gasteiger partial charge >= 0.3 is 0 Å². The quantitative estimate of drug-likeness (QED) is 0.334. The van der Waals surface area contributed by atoms with Gasteiger partial charge in [-0.1, -0.05) is 5.16 Å². The maximum absolute atomic E-state index is 8.59. The Kier molecular flexibility index (Phi) is 4.96. The van der Waals surface area contributed by atoms with E-state index in [0.717, 1.165) is 18.7 Å². The van der Waals surface area contributed by atoms with Crippen LogP contribution < -0.4 is 5.73 Å². The summed E-state index contributed by atoms with van der Waals surface area (Å²) in [6.07, 6.45) is 3.87. The predicted octanol–water partition coefficient (Wildman–Crippen LogP) is 0.860. The molecule has 0 aliphatic heterocycles. The van der Waals surface area contributed by atoms with Gasteiger partial charge in [0.1, 0.15) is 0 Å². The van der Waals surface area contributed by atoms with Crippen LogP contribution >= 0.6 is 0 Å². The number of hydrogen-bond acceptors (Lipinski definition) is 4. The van der Waals surface area contributed by atoms with Crippen molar-refractivity contribution in [1.82, 2.24) is 14.7 Å². The van der Waals surface area contributed by atoms with Gasteiger partial charge in [-0.25, -0.2) is 0 Å². The molecule has 1 aromatic rings. The Bertz CT molecular complexity index is 372. The van der Waals surface area contributed by atoms with Crippen LogP contribution in [0.5, 0.6) is 0 Å². The second-order valence-corrected chi connectivity index (χ2v) is 4.29. The van der Waals surface area contributed by atoms with Crippen molar-refractivity contribution in [3.05, 3.63) is 18.0 Å². The molecule has 0 radical (unpaired) electrons. The first-order valence-electron chi connectivity index (χ1n) is 5.78. The summed E-state index contributed by atoms with van der Waals surface area (Å²) in [5.74, 6) is 0.224. The van der Waals surface area contributed by atoms with Crippen molar-refractivity contribution in [2.75, 3.05) is 6.54 Å². The maximum Gasteiger partial charge on any atom is 0.153 e. The van der Waals surface area contributed by atoms with Crippen molar-refractivity contribution < 1.29 is 5.21 Å². The van der Waals surface area contributed by atoms with Crippen molar-refractivity contribution in [1.29, 1.82) is 0 Å². The molecule has 1 heterocycles. The number of oxime groups is 1. The zero-order valence-corrected chi connectivity index (χ0v) is 10.7. The highest BCUT2D eigenvalue weighted by Gasteiger charge is 2.13. The molecule has 6 nitrogen and oxygen atoms in total. The lowest BCUT2D eigenvalue weighted by Crippen LogP contribution is -2.38. The summed E-state index contributed by atoms with van der Waals surface area (Å²) in [7, 11) is 0. The highest BCUT2D eigenvalue weighted by Crippen LogP contribution is 2.07. The van der Waals surface area contributed by atoms with Crippen LogP contribution in [0, 0.1) is 0 Å². The van der Waals surface area contributed by atoms with Crippen molar-refractivity contribution in [2.45, 2.75) is 39.9 Å². The zero-order chi connectivity index (χ0) is 12.8. The van der Waals surface area contributed by atoms with Gasteiger partial charge in [0.25, 0.3) is 0 Å². The molecule has 0 bridgehead atoms. The van der Waals surface area contributed by atoms with E-state index in [2.05, 4.69) is 29.0 Å². The lowest BCUT2D eigenvalue weighted by atomic mass is 10.2. The van der Waals surface area contributed by atoms with Gasteiger partial charge in [-0.2, -0.15) is 5.10 Å². The molecule has 0 atom stereocenters. The van der Waals surface area contributed by atoms with Gasteiger partial charge in [-0.15, -0.1) is 0 Å². The summed E-state index contributed by atoms with van der Waals surface area (Å²) in [6, 6.07) is 0.320. The Morgan fingerprint density at radius 1 is 1.65 bits per heavy atom. The third-order valence-corrected chi connectivity index (χ3v) is 2.62. The summed E-state index contributed by atoms with van der Waals surface area (Å²) in [5, 5.41) is 15.8. The molecule has 0 aromatic carbocycles. The van der Waals surface area contributed by atoms with Crippen molar-refractivity contribution in [3.63, 3.8) is 0 Å². The topological polar surface area (TPSA) is 79.7 Å². The van der Waals surface area contributed by atoms with Gasteiger partial charge in [0.05, 0.1) is 12.7 Å². The molecular formula is C11H21N5O. The molecule has 0 saturated carbocycles.